The van der Waals surface area contributed by atoms with E-state index in [1.54, 1.807) is 4.90 Å². The maximum absolute atomic E-state index is 14.6. The zero-order valence-electron chi connectivity index (χ0n) is 30.6. The van der Waals surface area contributed by atoms with Gasteiger partial charge in [0.05, 0.1) is 18.2 Å². The molecule has 4 saturated carbocycles. The molecule has 1 saturated heterocycles. The van der Waals surface area contributed by atoms with E-state index in [4.69, 9.17) is 15.0 Å². The lowest BCUT2D eigenvalue weighted by atomic mass is 9.80. The smallest absolute Gasteiger partial charge is 0.315 e. The summed E-state index contributed by atoms with van der Waals surface area (Å²) < 4.78 is 5.43. The minimum Gasteiger partial charge on any atom is -0.363 e. The Balaban J connectivity index is 1.29. The predicted octanol–water partition coefficient (Wildman–Crippen LogP) is 4.79. The number of Topliss-reactive ketones (excluding diaryl/α,β-unsaturated/α-hetero) is 1. The van der Waals surface area contributed by atoms with Crippen LogP contribution in [0.3, 0.4) is 0 Å². The van der Waals surface area contributed by atoms with Crippen LogP contribution < -0.4 is 21.7 Å². The molecule has 0 spiro atoms. The summed E-state index contributed by atoms with van der Waals surface area (Å²) in [6.07, 6.45) is 13.6. The van der Waals surface area contributed by atoms with Crippen LogP contribution in [0.4, 0.5) is 4.79 Å². The van der Waals surface area contributed by atoms with Crippen molar-refractivity contribution in [3.63, 3.8) is 0 Å². The van der Waals surface area contributed by atoms with Gasteiger partial charge in [-0.05, 0) is 73.5 Å². The number of primary amides is 1. The van der Waals surface area contributed by atoms with Gasteiger partial charge < -0.3 is 26.6 Å². The lowest BCUT2D eigenvalue weighted by Crippen LogP contribution is -2.62. The summed E-state index contributed by atoms with van der Waals surface area (Å²) in [5.74, 6) is -1.23. The number of carbonyl (C=O) groups excluding carboxylic acids is 5. The molecule has 4 aliphatic carbocycles. The molecule has 5 rings (SSSR count). The van der Waals surface area contributed by atoms with E-state index in [1.165, 1.54) is 12.0 Å². The first-order chi connectivity index (χ1) is 23.8. The van der Waals surface area contributed by atoms with Gasteiger partial charge in [0.15, 0.2) is 0 Å². The van der Waals surface area contributed by atoms with E-state index in [1.807, 2.05) is 0 Å². The van der Waals surface area contributed by atoms with Crippen molar-refractivity contribution in [2.75, 3.05) is 18.9 Å². The van der Waals surface area contributed by atoms with Crippen molar-refractivity contribution >= 4 is 41.6 Å². The van der Waals surface area contributed by atoms with Crippen LogP contribution in [0.2, 0.25) is 0 Å². The van der Waals surface area contributed by atoms with E-state index in [9.17, 15) is 24.0 Å². The van der Waals surface area contributed by atoms with Crippen LogP contribution in [0.5, 0.6) is 0 Å². The third-order valence-corrected chi connectivity index (χ3v) is 13.4. The summed E-state index contributed by atoms with van der Waals surface area (Å²) in [4.78, 5) is 74.4. The molecule has 5 atom stereocenters. The zero-order chi connectivity index (χ0) is 36.1. The second-order valence-electron chi connectivity index (χ2n) is 16.9. The fourth-order valence-corrected chi connectivity index (χ4v) is 9.77. The number of hydrogen-bond donors (Lipinski definition) is 4. The third-order valence-electron chi connectivity index (χ3n) is 12.5. The highest BCUT2D eigenvalue weighted by atomic mass is 32.2. The number of carbonyl (C=O) groups is 5. The number of urea groups is 1. The quantitative estimate of drug-likeness (QED) is 0.0547. The van der Waals surface area contributed by atoms with Gasteiger partial charge in [0.25, 0.3) is 5.91 Å². The van der Waals surface area contributed by atoms with Crippen molar-refractivity contribution in [3.8, 4) is 0 Å². The number of ketones is 1. The van der Waals surface area contributed by atoms with E-state index >= 15 is 0 Å². The Kier molecular flexibility index (Phi) is 13.2. The van der Waals surface area contributed by atoms with Crippen LogP contribution in [0, 0.1) is 35.0 Å². The van der Waals surface area contributed by atoms with Crippen LogP contribution in [0.1, 0.15) is 124 Å². The van der Waals surface area contributed by atoms with Gasteiger partial charge >= 0.3 is 6.03 Å². The summed E-state index contributed by atoms with van der Waals surface area (Å²) >= 11 is 1.21. The maximum Gasteiger partial charge on any atom is 0.315 e. The minimum atomic E-state index is -1.06. The van der Waals surface area contributed by atoms with Gasteiger partial charge in [0.1, 0.15) is 12.1 Å². The molecule has 50 heavy (non-hydrogen) atoms. The zero-order valence-corrected chi connectivity index (χ0v) is 31.5. The average Bonchev–Trinajstić information content (AvgIpc) is 3.37. The molecule has 0 radical (unpaired) electrons. The molecule has 5 aliphatic rings. The topological polar surface area (TPSA) is 169 Å². The first-order valence-electron chi connectivity index (χ1n) is 19.3. The van der Waals surface area contributed by atoms with E-state index in [2.05, 4.69) is 43.6 Å². The maximum atomic E-state index is 14.6. The first-order valence-corrected chi connectivity index (χ1v) is 20.2. The van der Waals surface area contributed by atoms with Gasteiger partial charge in [-0.25, -0.2) is 9.68 Å². The highest BCUT2D eigenvalue weighted by Crippen LogP contribution is 2.65. The SMILES string of the molecule is CC(C)CCOOSCC1(NC(=O)N[C@H](C(=O)N2CC3[C@@H]([C@H]2C(=O)NC(CC2CCC2)C(=O)C(N)=O)C3(C)C)C2CCCCC2)CCCCC1. The molecular formula is C37H61N5O7S. The van der Waals surface area contributed by atoms with Crippen LogP contribution in [0.15, 0.2) is 0 Å². The van der Waals surface area contributed by atoms with Gasteiger partial charge in [-0.2, -0.15) is 4.33 Å². The summed E-state index contributed by atoms with van der Waals surface area (Å²) in [6, 6.07) is -2.96. The molecule has 2 unspecified atom stereocenters. The van der Waals surface area contributed by atoms with Crippen LogP contribution in [-0.2, 0) is 28.4 Å². The van der Waals surface area contributed by atoms with E-state index in [0.29, 0.717) is 31.2 Å². The summed E-state index contributed by atoms with van der Waals surface area (Å²) in [7, 11) is 0. The predicted molar refractivity (Wildman–Crippen MR) is 191 cm³/mol. The van der Waals surface area contributed by atoms with Crippen LogP contribution in [0.25, 0.3) is 0 Å². The third kappa shape index (κ3) is 9.34. The molecule has 1 aliphatic heterocycles. The summed E-state index contributed by atoms with van der Waals surface area (Å²) in [6.45, 7) is 9.39. The number of nitrogens with zero attached hydrogens (tertiary/aromatic N) is 1. The molecule has 282 valence electrons. The Morgan fingerprint density at radius 2 is 1.60 bits per heavy atom. The molecule has 13 heteroatoms. The van der Waals surface area contributed by atoms with Crippen molar-refractivity contribution in [3.05, 3.63) is 0 Å². The number of likely N-dealkylation sites (tertiary alicyclic amines) is 1. The summed E-state index contributed by atoms with van der Waals surface area (Å²) in [5.41, 5.74) is 4.76. The summed E-state index contributed by atoms with van der Waals surface area (Å²) in [5, 5.41) is 9.24. The lowest BCUT2D eigenvalue weighted by molar-refractivity contribution is -0.193. The van der Waals surface area contributed by atoms with E-state index in [0.717, 1.165) is 89.9 Å². The highest BCUT2D eigenvalue weighted by molar-refractivity contribution is 7.94. The van der Waals surface area contributed by atoms with Gasteiger partial charge in [-0.15, -0.1) is 0 Å². The van der Waals surface area contributed by atoms with Crippen molar-refractivity contribution in [2.24, 2.45) is 40.7 Å². The van der Waals surface area contributed by atoms with Gasteiger partial charge in [0.2, 0.25) is 17.6 Å². The van der Waals surface area contributed by atoms with Crippen molar-refractivity contribution in [1.82, 2.24) is 20.9 Å². The molecule has 12 nitrogen and oxygen atoms in total. The standard InChI is InChI=1S/C37H61N5O7S/c1-23(2)16-19-48-49-50-22-37(17-9-6-10-18-37)41-35(47)40-29(25-14-7-5-8-15-25)34(46)42-21-26-28(36(26,3)4)30(42)33(45)39-27(31(43)32(38)44)20-24-12-11-13-24/h23-30H,5-22H2,1-4H3,(H2,38,44)(H,39,45)(H2,40,41,47)/t26?,27?,28-,29-,30-/m0/s1. The second-order valence-corrected chi connectivity index (χ2v) is 17.5. The van der Waals surface area contributed by atoms with Crippen molar-refractivity contribution < 1.29 is 33.2 Å². The second kappa shape index (κ2) is 17.0. The molecule has 0 bridgehead atoms. The molecule has 5 N–H and O–H groups in total. The molecular weight excluding hydrogens is 659 g/mol. The highest BCUT2D eigenvalue weighted by Gasteiger charge is 2.69. The van der Waals surface area contributed by atoms with E-state index in [-0.39, 0.29) is 41.0 Å². The number of hydrogen-bond acceptors (Lipinski definition) is 8. The average molecular weight is 720 g/mol. The number of piperidine rings is 1. The lowest BCUT2D eigenvalue weighted by Gasteiger charge is -2.40. The van der Waals surface area contributed by atoms with Gasteiger partial charge in [-0.1, -0.05) is 85.5 Å². The Bertz CT molecular complexity index is 1230. The van der Waals surface area contributed by atoms with Gasteiger partial charge in [0, 0.05) is 24.3 Å². The van der Waals surface area contributed by atoms with Crippen LogP contribution >= 0.6 is 12.0 Å². The Morgan fingerprint density at radius 3 is 2.22 bits per heavy atom. The number of amides is 5. The van der Waals surface area contributed by atoms with Crippen molar-refractivity contribution in [2.45, 2.75) is 148 Å². The van der Waals surface area contributed by atoms with Crippen molar-refractivity contribution in [1.29, 1.82) is 0 Å². The number of fused-ring (bicyclic) bond motifs is 1. The Labute approximate surface area is 302 Å². The van der Waals surface area contributed by atoms with E-state index < -0.39 is 41.3 Å². The molecule has 0 aromatic heterocycles. The fourth-order valence-electron chi connectivity index (χ4n) is 9.00. The minimum absolute atomic E-state index is 0.0483. The molecule has 5 amide bonds. The first kappa shape index (κ1) is 38.8. The molecule has 5 fully saturated rings. The van der Waals surface area contributed by atoms with Gasteiger partial charge in [-0.3, -0.25) is 19.2 Å². The monoisotopic (exact) mass is 719 g/mol. The fraction of sp³-hybridized carbons (Fsp3) is 0.865. The largest absolute Gasteiger partial charge is 0.363 e. The normalized spacial score (nSPS) is 27.1. The number of nitrogens with two attached hydrogens (primary N) is 1. The Morgan fingerprint density at radius 1 is 0.920 bits per heavy atom. The Hall–Kier alpha value is -2.38. The molecule has 0 aromatic carbocycles. The molecule has 0 aromatic rings. The number of nitrogens with one attached hydrogen (secondary N) is 3. The number of rotatable bonds is 17. The van der Waals surface area contributed by atoms with Crippen LogP contribution in [-0.4, -0.2) is 77.0 Å². The molecule has 1 heterocycles.